The number of hydrogen-bond donors (Lipinski definition) is 0. The maximum Gasteiger partial charge on any atom is 0.164 e. The first kappa shape index (κ1) is 72.4. The summed E-state index contributed by atoms with van der Waals surface area (Å²) in [5, 5.41) is 8.68. The summed E-state index contributed by atoms with van der Waals surface area (Å²) in [5.74, 6) is 3.64. The van der Waals surface area contributed by atoms with Gasteiger partial charge in [0, 0.05) is 87.8 Å². The minimum absolute atomic E-state index is 0.586. The first-order valence-electron chi connectivity index (χ1n) is 41.7. The Morgan fingerprint density at radius 3 is 0.750 bits per heavy atom. The summed E-state index contributed by atoms with van der Waals surface area (Å²) in [6.45, 7) is 0. The number of rotatable bonds is 14. The van der Waals surface area contributed by atoms with Crippen molar-refractivity contribution in [2.45, 2.75) is 0 Å². The predicted octanol–water partition coefficient (Wildman–Crippen LogP) is 29.7. The molecule has 10 nitrogen and oxygen atoms in total. The van der Waals surface area contributed by atoms with E-state index in [2.05, 4.69) is 379 Å². The Labute approximate surface area is 713 Å². The maximum absolute atomic E-state index is 6.91. The normalized spacial score (nSPS) is 11.5. The van der Waals surface area contributed by atoms with Crippen molar-refractivity contribution in [3.05, 3.63) is 437 Å². The molecule has 0 bridgehead atoms. The second-order valence-corrected chi connectivity index (χ2v) is 31.2. The molecule has 0 fully saturated rings. The summed E-state index contributed by atoms with van der Waals surface area (Å²) in [6, 6.07) is 153. The predicted molar refractivity (Wildman–Crippen MR) is 508 cm³/mol. The van der Waals surface area contributed by atoms with E-state index in [1.807, 2.05) is 66.7 Å². The van der Waals surface area contributed by atoms with E-state index in [0.717, 1.165) is 160 Å². The molecule has 0 saturated carbocycles. The molecule has 0 amide bonds. The minimum atomic E-state index is 0.586. The molecular formula is C114H72N8O2. The summed E-state index contributed by atoms with van der Waals surface area (Å²) in [7, 11) is 0. The second-order valence-electron chi connectivity index (χ2n) is 31.2. The zero-order valence-corrected chi connectivity index (χ0v) is 67.0. The zero-order chi connectivity index (χ0) is 82.0. The SMILES string of the molecule is c1ccc(-c2ccc(-c3nc(-c4cccc(-c5ccccc5)c4)nc(-c4ccc5oc6c(ccc7c8ccccc8n(-c8ccc(-c9cccc(-c%10ccccc%10)c9)cc8)c76)c5c4)n3)cc2)cc1.c1ccc(-c2ccc(-n3c4ccccc4c4ccc5c6cc(-c7nc(-c8ccccc8)nc(-c8cccc(-c9ccccc9)c8)n7)ccc6oc5c43)cc2)cc1. The molecule has 10 heteroatoms. The third-order valence-electron chi connectivity index (χ3n) is 23.7. The van der Waals surface area contributed by atoms with Gasteiger partial charge in [-0.25, -0.2) is 29.9 Å². The lowest BCUT2D eigenvalue weighted by Gasteiger charge is -2.10. The van der Waals surface area contributed by atoms with Crippen LogP contribution in [-0.2, 0) is 0 Å². The zero-order valence-electron chi connectivity index (χ0n) is 67.0. The van der Waals surface area contributed by atoms with Gasteiger partial charge in [-0.3, -0.25) is 0 Å². The highest BCUT2D eigenvalue weighted by Crippen LogP contribution is 2.45. The minimum Gasteiger partial charge on any atom is -0.454 e. The van der Waals surface area contributed by atoms with Gasteiger partial charge < -0.3 is 18.0 Å². The van der Waals surface area contributed by atoms with Gasteiger partial charge in [-0.2, -0.15) is 0 Å². The van der Waals surface area contributed by atoms with E-state index in [9.17, 15) is 0 Å². The Bertz CT molecular complexity index is 8170. The number of furan rings is 2. The van der Waals surface area contributed by atoms with Crippen LogP contribution in [-0.4, -0.2) is 39.0 Å². The Morgan fingerprint density at radius 2 is 0.387 bits per heavy atom. The number of nitrogens with zero attached hydrogens (tertiary/aromatic N) is 8. The van der Waals surface area contributed by atoms with E-state index in [1.54, 1.807) is 0 Å². The summed E-state index contributed by atoms with van der Waals surface area (Å²) in [6.07, 6.45) is 0. The Morgan fingerprint density at radius 1 is 0.153 bits per heavy atom. The van der Waals surface area contributed by atoms with Crippen LogP contribution in [0.3, 0.4) is 0 Å². The van der Waals surface area contributed by atoms with E-state index in [1.165, 1.54) is 38.6 Å². The number of aromatic nitrogens is 8. The molecule has 0 N–H and O–H groups in total. The van der Waals surface area contributed by atoms with Crippen molar-refractivity contribution in [2.24, 2.45) is 0 Å². The smallest absolute Gasteiger partial charge is 0.164 e. The van der Waals surface area contributed by atoms with Crippen molar-refractivity contribution < 1.29 is 8.83 Å². The van der Waals surface area contributed by atoms with Gasteiger partial charge in [0.15, 0.2) is 46.1 Å². The molecule has 0 unspecified atom stereocenters. The van der Waals surface area contributed by atoms with Crippen molar-refractivity contribution in [1.82, 2.24) is 39.0 Å². The van der Waals surface area contributed by atoms with Crippen molar-refractivity contribution in [3.63, 3.8) is 0 Å². The van der Waals surface area contributed by atoms with E-state index in [4.69, 9.17) is 38.7 Å². The Hall–Kier alpha value is -16.8. The molecule has 6 heterocycles. The largest absolute Gasteiger partial charge is 0.454 e. The van der Waals surface area contributed by atoms with Crippen molar-refractivity contribution in [3.8, 4) is 146 Å². The third kappa shape index (κ3) is 13.3. The van der Waals surface area contributed by atoms with Crippen LogP contribution in [0.2, 0.25) is 0 Å². The molecule has 24 rings (SSSR count). The molecule has 6 aromatic heterocycles. The number of benzene rings is 18. The van der Waals surface area contributed by atoms with Crippen LogP contribution in [0.4, 0.5) is 0 Å². The topological polar surface area (TPSA) is 113 Å². The lowest BCUT2D eigenvalue weighted by Crippen LogP contribution is -2.00. The number of fused-ring (bicyclic) bond motifs is 14. The van der Waals surface area contributed by atoms with E-state index in [-0.39, 0.29) is 0 Å². The highest BCUT2D eigenvalue weighted by Gasteiger charge is 2.25. The average Bonchev–Trinajstić information content (AvgIpc) is 1.56. The van der Waals surface area contributed by atoms with Gasteiger partial charge in [0.2, 0.25) is 0 Å². The molecule has 0 saturated heterocycles. The fourth-order valence-corrected chi connectivity index (χ4v) is 17.6. The van der Waals surface area contributed by atoms with Gasteiger partial charge in [0.25, 0.3) is 0 Å². The fraction of sp³-hybridized carbons (Fsp3) is 0. The first-order valence-corrected chi connectivity index (χ1v) is 41.7. The second kappa shape index (κ2) is 30.8. The van der Waals surface area contributed by atoms with Gasteiger partial charge >= 0.3 is 0 Å². The molecule has 18 aromatic carbocycles. The van der Waals surface area contributed by atoms with Gasteiger partial charge in [-0.05, 0) is 170 Å². The standard InChI is InChI=1S/C63H40N4O.C51H32N4O/c1-4-14-41(15-5-1)44-26-28-46(29-27-44)61-64-62(50-23-13-22-49(39-50)43-18-8-3-9-19-43)66-63(65-61)51-32-37-58-56(40-51)55-36-35-54-53-24-10-11-25-57(53)67(59(54)60(55)68-58)52-33-30-45(31-34-52)48-21-12-20-47(38-48)42-16-6-2-7-17-42;1-4-13-33(14-5-1)35-23-26-40(27-24-35)55-45-22-11-10-21-41(45)42-28-29-43-44-32-39(25-30-46(44)56-48(43)47(42)55)51-53-49(36-17-8-3-9-18-36)52-50(54-51)38-20-12-19-37(31-38)34-15-6-2-7-16-34/h1-40H;1-32H. The Balaban J connectivity index is 0.000000146. The van der Waals surface area contributed by atoms with Gasteiger partial charge in [0.05, 0.1) is 22.1 Å². The molecule has 580 valence electrons. The molecule has 0 aliphatic carbocycles. The van der Waals surface area contributed by atoms with Crippen LogP contribution in [0.25, 0.3) is 234 Å². The summed E-state index contributed by atoms with van der Waals surface area (Å²) in [5.41, 5.74) is 29.0. The lowest BCUT2D eigenvalue weighted by molar-refractivity contribution is 0.670. The van der Waals surface area contributed by atoms with Crippen LogP contribution < -0.4 is 0 Å². The van der Waals surface area contributed by atoms with Crippen LogP contribution >= 0.6 is 0 Å². The average molecular weight is 1590 g/mol. The van der Waals surface area contributed by atoms with E-state index < -0.39 is 0 Å². The highest BCUT2D eigenvalue weighted by molar-refractivity contribution is 6.23. The summed E-state index contributed by atoms with van der Waals surface area (Å²) < 4.78 is 18.4. The molecule has 124 heavy (non-hydrogen) atoms. The first-order chi connectivity index (χ1) is 61.4. The molecule has 24 aromatic rings. The van der Waals surface area contributed by atoms with Gasteiger partial charge in [0.1, 0.15) is 11.2 Å². The van der Waals surface area contributed by atoms with E-state index in [0.29, 0.717) is 34.9 Å². The lowest BCUT2D eigenvalue weighted by atomic mass is 9.99. The van der Waals surface area contributed by atoms with Crippen molar-refractivity contribution >= 4 is 87.5 Å². The summed E-state index contributed by atoms with van der Waals surface area (Å²) in [4.78, 5) is 30.7. The summed E-state index contributed by atoms with van der Waals surface area (Å²) >= 11 is 0. The van der Waals surface area contributed by atoms with Crippen molar-refractivity contribution in [2.75, 3.05) is 0 Å². The molecular weight excluding hydrogens is 1510 g/mol. The molecule has 0 radical (unpaired) electrons. The molecule has 0 spiro atoms. The van der Waals surface area contributed by atoms with E-state index >= 15 is 0 Å². The molecule has 0 aliphatic rings. The van der Waals surface area contributed by atoms with Crippen molar-refractivity contribution in [1.29, 1.82) is 0 Å². The van der Waals surface area contributed by atoms with Gasteiger partial charge in [-0.1, -0.05) is 334 Å². The van der Waals surface area contributed by atoms with Crippen LogP contribution in [0, 0.1) is 0 Å². The highest BCUT2D eigenvalue weighted by atomic mass is 16.3. The van der Waals surface area contributed by atoms with Crippen LogP contribution in [0.1, 0.15) is 0 Å². The quantitative estimate of drug-likeness (QED) is 0.106. The third-order valence-corrected chi connectivity index (χ3v) is 23.7. The van der Waals surface area contributed by atoms with Crippen LogP contribution in [0.5, 0.6) is 0 Å². The Kier molecular flexibility index (Phi) is 18.0. The number of hydrogen-bond acceptors (Lipinski definition) is 8. The number of para-hydroxylation sites is 2. The maximum atomic E-state index is 6.91. The monoisotopic (exact) mass is 1580 g/mol. The fourth-order valence-electron chi connectivity index (χ4n) is 17.6. The van der Waals surface area contributed by atoms with Gasteiger partial charge in [-0.15, -0.1) is 0 Å². The molecule has 0 atom stereocenters. The molecule has 0 aliphatic heterocycles. The van der Waals surface area contributed by atoms with Crippen LogP contribution in [0.15, 0.2) is 446 Å².